The molecule has 1 N–H and O–H groups in total. The molecule has 0 saturated heterocycles. The summed E-state index contributed by atoms with van der Waals surface area (Å²) in [6, 6.07) is 16.1. The summed E-state index contributed by atoms with van der Waals surface area (Å²) in [7, 11) is -13.8. The Morgan fingerprint density at radius 2 is 1.12 bits per heavy atom. The number of hydrogen-bond donors (Lipinski definition) is 1. The summed E-state index contributed by atoms with van der Waals surface area (Å²) in [6.07, 6.45) is 0. The van der Waals surface area contributed by atoms with E-state index in [-0.39, 0.29) is 161 Å². The zero-order chi connectivity index (χ0) is 38.3. The molecule has 0 amide bonds. The molecule has 0 saturated carbocycles. The zero-order valence-corrected chi connectivity index (χ0v) is 39.2. The van der Waals surface area contributed by atoms with Crippen LogP contribution in [-0.2, 0) is 30.4 Å². The molecule has 0 fully saturated rings. The van der Waals surface area contributed by atoms with Crippen LogP contribution in [0.2, 0.25) is 10.6 Å². The maximum absolute atomic E-state index is 12.3. The summed E-state index contributed by atoms with van der Waals surface area (Å²) < 4.78 is 113. The van der Waals surface area contributed by atoms with Crippen LogP contribution >= 0.6 is 23.2 Å². The number of azo groups is 2. The first kappa shape index (κ1) is 48.1. The molecule has 6 aromatic rings. The number of aromatic nitrogens is 3. The maximum Gasteiger partial charge on any atom is 1.00 e. The number of nitrogens with zero attached hydrogens (tertiary/aromatic N) is 7. The minimum absolute atomic E-state index is 0. The number of nitrogens with one attached hydrogen (secondary N) is 1. The van der Waals surface area contributed by atoms with Crippen LogP contribution in [0.15, 0.2) is 114 Å². The van der Waals surface area contributed by atoms with Gasteiger partial charge in [0.15, 0.2) is 0 Å². The summed E-state index contributed by atoms with van der Waals surface area (Å²) >= 11 is 11.7. The number of benzene rings is 5. The molecular formula is C30H17Cl2N8Na3O10S3. The number of fused-ring (bicyclic) bond motifs is 2. The van der Waals surface area contributed by atoms with Crippen molar-refractivity contribution in [3.63, 3.8) is 0 Å². The molecule has 18 nitrogen and oxygen atoms in total. The van der Waals surface area contributed by atoms with E-state index in [0.717, 1.165) is 24.3 Å². The van der Waals surface area contributed by atoms with Crippen molar-refractivity contribution in [1.29, 1.82) is 0 Å². The Morgan fingerprint density at radius 3 is 1.70 bits per heavy atom. The molecule has 0 radical (unpaired) electrons. The third-order valence-corrected chi connectivity index (χ3v) is 10.2. The fraction of sp³-hybridized carbons (Fsp3) is 0.0333. The van der Waals surface area contributed by atoms with Crippen LogP contribution in [-0.4, -0.2) is 61.0 Å². The molecule has 5 aromatic carbocycles. The fourth-order valence-corrected chi connectivity index (χ4v) is 7.21. The monoisotopic (exact) mass is 884 g/mol. The molecule has 1 heterocycles. The SMILES string of the molecule is COc1ccc(N=Nc2ccc(N=Nc3ccc(Nc4nc(Cl)nc(Cl)n4)c4c(S(=O)(=O)[O-])cccc34)c3cc(S(=O)(=O)[O-])ccc23)c(S(=O)(=O)[O-])c1.[Na+].[Na+].[Na+]. The number of hydrogen-bond acceptors (Lipinski definition) is 18. The first-order chi connectivity index (χ1) is 24.9. The van der Waals surface area contributed by atoms with Gasteiger partial charge in [-0.2, -0.15) is 15.0 Å². The standard InChI is InChI=1S/C30H20Cl2N8O10S3.3Na/c1-50-15-5-8-23(26(13-15)53(47,48)49)40-37-20-9-10-22(19-14-16(51(41,42)43)6-7-17(19)20)39-38-21-11-12-24(33-30-35-28(31)34-29(32)36-30)27-18(21)3-2-4-25(27)52(44,45)46;;;/h2-14H,1H3,(H,41,42,43)(H,44,45,46)(H,47,48,49)(H,33,34,35,36);;;/q;3*+1/p-3. The Balaban J connectivity index is 0.00000280. The molecular weight excluding hydrogens is 868 g/mol. The van der Waals surface area contributed by atoms with E-state index in [1.165, 1.54) is 61.7 Å². The third kappa shape index (κ3) is 11.1. The Hall–Kier alpha value is -2.26. The van der Waals surface area contributed by atoms with E-state index in [0.29, 0.717) is 0 Å². The van der Waals surface area contributed by atoms with Crippen LogP contribution in [0.1, 0.15) is 0 Å². The van der Waals surface area contributed by atoms with Gasteiger partial charge < -0.3 is 23.7 Å². The van der Waals surface area contributed by atoms with Gasteiger partial charge in [-0.3, -0.25) is 0 Å². The second-order valence-electron chi connectivity index (χ2n) is 10.5. The molecule has 26 heteroatoms. The van der Waals surface area contributed by atoms with E-state index in [1.807, 2.05) is 0 Å². The zero-order valence-electron chi connectivity index (χ0n) is 29.2. The van der Waals surface area contributed by atoms with Gasteiger partial charge >= 0.3 is 88.7 Å². The number of ether oxygens (including phenoxy) is 1. The van der Waals surface area contributed by atoms with Gasteiger partial charge in [0.2, 0.25) is 16.5 Å². The average molecular weight is 886 g/mol. The maximum atomic E-state index is 12.3. The molecule has 6 rings (SSSR count). The quantitative estimate of drug-likeness (QED) is 0.0868. The van der Waals surface area contributed by atoms with Gasteiger partial charge in [-0.1, -0.05) is 18.2 Å². The van der Waals surface area contributed by atoms with Gasteiger partial charge in [-0.15, -0.1) is 20.5 Å². The summed E-state index contributed by atoms with van der Waals surface area (Å²) in [5.41, 5.74) is -0.194. The van der Waals surface area contributed by atoms with E-state index in [9.17, 15) is 38.9 Å². The van der Waals surface area contributed by atoms with E-state index in [2.05, 4.69) is 40.7 Å². The van der Waals surface area contributed by atoms with E-state index >= 15 is 0 Å². The first-order valence-electron chi connectivity index (χ1n) is 14.3. The smallest absolute Gasteiger partial charge is 0.744 e. The molecule has 0 atom stereocenters. The minimum Gasteiger partial charge on any atom is -0.744 e. The minimum atomic E-state index is -5.07. The van der Waals surface area contributed by atoms with Crippen LogP contribution in [0.3, 0.4) is 0 Å². The molecule has 0 bridgehead atoms. The van der Waals surface area contributed by atoms with E-state index in [4.69, 9.17) is 27.9 Å². The van der Waals surface area contributed by atoms with Crippen LogP contribution < -0.4 is 98.7 Å². The number of halogens is 2. The van der Waals surface area contributed by atoms with Crippen molar-refractivity contribution in [2.24, 2.45) is 20.5 Å². The average Bonchev–Trinajstić information content (AvgIpc) is 3.08. The van der Waals surface area contributed by atoms with Crippen molar-refractivity contribution in [2.75, 3.05) is 12.4 Å². The van der Waals surface area contributed by atoms with Crippen molar-refractivity contribution in [2.45, 2.75) is 14.7 Å². The predicted octanol–water partition coefficient (Wildman–Crippen LogP) is -2.21. The Labute approximate surface area is 394 Å². The van der Waals surface area contributed by atoms with Gasteiger partial charge in [-0.05, 0) is 83.9 Å². The van der Waals surface area contributed by atoms with Crippen molar-refractivity contribution < 1.29 is 132 Å². The summed E-state index contributed by atoms with van der Waals surface area (Å²) in [5, 5.41) is 18.9. The first-order valence-corrected chi connectivity index (χ1v) is 19.3. The second kappa shape index (κ2) is 19.2. The topological polar surface area (TPSA) is 281 Å². The summed E-state index contributed by atoms with van der Waals surface area (Å²) in [6.45, 7) is 0. The molecule has 0 spiro atoms. The fourth-order valence-electron chi connectivity index (χ4n) is 5.01. The molecule has 0 aliphatic heterocycles. The molecule has 0 aliphatic rings. The van der Waals surface area contributed by atoms with Crippen molar-refractivity contribution in [3.8, 4) is 5.75 Å². The van der Waals surface area contributed by atoms with Crippen molar-refractivity contribution in [1.82, 2.24) is 15.0 Å². The third-order valence-electron chi connectivity index (χ3n) is 7.27. The molecule has 272 valence electrons. The number of methoxy groups -OCH3 is 1. The molecule has 0 aliphatic carbocycles. The number of rotatable bonds is 10. The molecule has 1 aromatic heterocycles. The van der Waals surface area contributed by atoms with Crippen LogP contribution in [0.4, 0.5) is 34.4 Å². The van der Waals surface area contributed by atoms with Gasteiger partial charge in [0.25, 0.3) is 0 Å². The van der Waals surface area contributed by atoms with Gasteiger partial charge in [0.1, 0.15) is 41.8 Å². The van der Waals surface area contributed by atoms with Crippen LogP contribution in [0.25, 0.3) is 21.5 Å². The second-order valence-corrected chi connectivity index (χ2v) is 15.3. The van der Waals surface area contributed by atoms with Gasteiger partial charge in [-0.25, -0.2) is 25.3 Å². The molecule has 56 heavy (non-hydrogen) atoms. The Kier molecular flexibility index (Phi) is 16.5. The predicted molar refractivity (Wildman–Crippen MR) is 186 cm³/mol. The normalized spacial score (nSPS) is 12.0. The van der Waals surface area contributed by atoms with E-state index in [1.54, 1.807) is 0 Å². The van der Waals surface area contributed by atoms with Crippen molar-refractivity contribution in [3.05, 3.63) is 89.4 Å². The largest absolute Gasteiger partial charge is 1.00 e. The van der Waals surface area contributed by atoms with Gasteiger partial charge in [0, 0.05) is 21.5 Å². The summed E-state index contributed by atoms with van der Waals surface area (Å²) in [4.78, 5) is 9.46. The van der Waals surface area contributed by atoms with Gasteiger partial charge in [0.05, 0.1) is 44.5 Å². The summed E-state index contributed by atoms with van der Waals surface area (Å²) in [5.74, 6) is -0.0958. The Bertz CT molecular complexity index is 2880. The van der Waals surface area contributed by atoms with E-state index < -0.39 is 45.0 Å². The van der Waals surface area contributed by atoms with Crippen LogP contribution in [0, 0.1) is 0 Å². The molecule has 0 unspecified atom stereocenters. The van der Waals surface area contributed by atoms with Crippen molar-refractivity contribution >= 4 is 109 Å². The number of anilines is 2. The van der Waals surface area contributed by atoms with Crippen LogP contribution in [0.5, 0.6) is 5.75 Å². The Morgan fingerprint density at radius 1 is 0.589 bits per heavy atom.